The number of nitrogens with zero attached hydrogens (tertiary/aromatic N) is 2. The molecule has 0 radical (unpaired) electrons. The molecule has 0 spiro atoms. The van der Waals surface area contributed by atoms with Crippen LogP contribution in [0.4, 0.5) is 13.2 Å². The number of nitrogens with two attached hydrogens (primary N) is 1. The molecule has 1 amide bonds. The third-order valence-corrected chi connectivity index (χ3v) is 4.69. The van der Waals surface area contributed by atoms with Gasteiger partial charge in [-0.15, -0.1) is 0 Å². The number of benzene rings is 3. The number of halogens is 3. The van der Waals surface area contributed by atoms with E-state index in [0.29, 0.717) is 11.1 Å². The molecule has 0 aliphatic rings. The number of carbonyl (C=O) groups excluding carboxylic acids is 1. The zero-order chi connectivity index (χ0) is 20.6. The first-order valence-electron chi connectivity index (χ1n) is 8.66. The van der Waals surface area contributed by atoms with E-state index < -0.39 is 17.6 Å². The second-order valence-electron chi connectivity index (χ2n) is 6.47. The van der Waals surface area contributed by atoms with Crippen LogP contribution < -0.4 is 5.73 Å². The highest BCUT2D eigenvalue weighted by Crippen LogP contribution is 2.42. The highest BCUT2D eigenvalue weighted by Gasteiger charge is 2.34. The van der Waals surface area contributed by atoms with Crippen LogP contribution in [0, 0.1) is 0 Å². The van der Waals surface area contributed by atoms with Gasteiger partial charge in [0.2, 0.25) is 5.91 Å². The van der Waals surface area contributed by atoms with Gasteiger partial charge in [-0.05, 0) is 34.9 Å². The second kappa shape index (κ2) is 7.01. The molecule has 4 nitrogen and oxygen atoms in total. The Bertz CT molecular complexity index is 1240. The lowest BCUT2D eigenvalue weighted by Gasteiger charge is -2.18. The molecule has 0 aliphatic carbocycles. The molecule has 0 saturated carbocycles. The topological polar surface area (TPSA) is 68.9 Å². The normalized spacial score (nSPS) is 11.6. The number of alkyl halides is 3. The van der Waals surface area contributed by atoms with Crippen molar-refractivity contribution in [1.29, 1.82) is 0 Å². The molecular weight excluding hydrogens is 379 g/mol. The molecule has 0 fully saturated rings. The van der Waals surface area contributed by atoms with Crippen molar-refractivity contribution >= 4 is 16.7 Å². The minimum Gasteiger partial charge on any atom is -0.366 e. The van der Waals surface area contributed by atoms with E-state index in [0.717, 1.165) is 16.8 Å². The summed E-state index contributed by atoms with van der Waals surface area (Å²) in [5.74, 6) is -0.723. The fourth-order valence-corrected chi connectivity index (χ4v) is 3.41. The Balaban J connectivity index is 2.05. The molecule has 4 aromatic rings. The maximum atomic E-state index is 13.6. The first-order chi connectivity index (χ1) is 13.9. The van der Waals surface area contributed by atoms with Gasteiger partial charge in [-0.25, -0.2) is 0 Å². The number of fused-ring (bicyclic) bond motifs is 1. The fraction of sp³-hybridized carbons (Fsp3) is 0.0455. The number of aromatic nitrogens is 2. The van der Waals surface area contributed by atoms with Gasteiger partial charge in [0.05, 0.1) is 18.0 Å². The largest absolute Gasteiger partial charge is 0.417 e. The molecule has 0 unspecified atom stereocenters. The van der Waals surface area contributed by atoms with Crippen molar-refractivity contribution < 1.29 is 18.0 Å². The van der Waals surface area contributed by atoms with E-state index in [-0.39, 0.29) is 16.7 Å². The van der Waals surface area contributed by atoms with Crippen LogP contribution in [-0.4, -0.2) is 16.1 Å². The van der Waals surface area contributed by atoms with Crippen molar-refractivity contribution in [3.63, 3.8) is 0 Å². The summed E-state index contributed by atoms with van der Waals surface area (Å²) in [5, 5.41) is 9.22. The van der Waals surface area contributed by atoms with E-state index in [4.69, 9.17) is 5.73 Å². The Morgan fingerprint density at radius 3 is 2.24 bits per heavy atom. The van der Waals surface area contributed by atoms with Gasteiger partial charge in [0.1, 0.15) is 0 Å². The third kappa shape index (κ3) is 3.42. The summed E-state index contributed by atoms with van der Waals surface area (Å²) in [6.07, 6.45) is -1.41. The zero-order valence-corrected chi connectivity index (χ0v) is 14.9. The van der Waals surface area contributed by atoms with Gasteiger partial charge < -0.3 is 5.73 Å². The Labute approximate surface area is 163 Å². The summed E-state index contributed by atoms with van der Waals surface area (Å²) < 4.78 is 40.9. The predicted octanol–water partition coefficient (Wildman–Crippen LogP) is 5.08. The van der Waals surface area contributed by atoms with E-state index >= 15 is 0 Å². The minimum absolute atomic E-state index is 0.0222. The van der Waals surface area contributed by atoms with Crippen molar-refractivity contribution in [2.45, 2.75) is 6.18 Å². The molecular formula is C22H14F3N3O. The molecule has 0 bridgehead atoms. The lowest BCUT2D eigenvalue weighted by atomic mass is 9.87. The molecule has 2 N–H and O–H groups in total. The molecule has 1 heterocycles. The van der Waals surface area contributed by atoms with E-state index in [1.54, 1.807) is 36.7 Å². The fourth-order valence-electron chi connectivity index (χ4n) is 3.41. The lowest BCUT2D eigenvalue weighted by Crippen LogP contribution is -2.13. The number of rotatable bonds is 3. The van der Waals surface area contributed by atoms with Gasteiger partial charge in [-0.1, -0.05) is 42.5 Å². The van der Waals surface area contributed by atoms with Crippen LogP contribution >= 0.6 is 0 Å². The number of amides is 1. The quantitative estimate of drug-likeness (QED) is 0.528. The lowest BCUT2D eigenvalue weighted by molar-refractivity contribution is -0.137. The van der Waals surface area contributed by atoms with Gasteiger partial charge in [0.15, 0.2) is 0 Å². The average Bonchev–Trinajstić information content (AvgIpc) is 2.72. The SMILES string of the molecule is NC(=O)c1cccc(-c2ccccc2C(F)(F)F)c1-c1ccc2cnncc2c1. The third-order valence-electron chi connectivity index (χ3n) is 4.69. The van der Waals surface area contributed by atoms with Crippen LogP contribution in [0.1, 0.15) is 15.9 Å². The number of carbonyl (C=O) groups is 1. The zero-order valence-electron chi connectivity index (χ0n) is 14.9. The summed E-state index contributed by atoms with van der Waals surface area (Å²) in [4.78, 5) is 12.1. The van der Waals surface area contributed by atoms with Gasteiger partial charge in [-0.3, -0.25) is 4.79 Å². The first-order valence-corrected chi connectivity index (χ1v) is 8.66. The van der Waals surface area contributed by atoms with E-state index in [1.807, 2.05) is 0 Å². The van der Waals surface area contributed by atoms with Crippen molar-refractivity contribution in [1.82, 2.24) is 10.2 Å². The molecule has 144 valence electrons. The van der Waals surface area contributed by atoms with Crippen LogP contribution in [0.25, 0.3) is 33.0 Å². The second-order valence-corrected chi connectivity index (χ2v) is 6.47. The van der Waals surface area contributed by atoms with Gasteiger partial charge in [0, 0.05) is 21.9 Å². The molecule has 3 aromatic carbocycles. The maximum absolute atomic E-state index is 13.6. The van der Waals surface area contributed by atoms with Crippen molar-refractivity contribution in [3.8, 4) is 22.3 Å². The standard InChI is InChI=1S/C22H14F3N3O/c23-22(24,25)19-7-2-1-4-16(19)17-5-3-6-18(21(26)29)20(17)13-8-9-14-11-27-28-12-15(14)10-13/h1-12H,(H2,26,29). The number of hydrogen-bond donors (Lipinski definition) is 1. The van der Waals surface area contributed by atoms with Crippen molar-refractivity contribution in [3.05, 3.63) is 84.2 Å². The molecule has 1 aromatic heterocycles. The monoisotopic (exact) mass is 393 g/mol. The van der Waals surface area contributed by atoms with E-state index in [1.165, 1.54) is 30.3 Å². The molecule has 0 atom stereocenters. The molecule has 7 heteroatoms. The van der Waals surface area contributed by atoms with Crippen LogP contribution in [0.15, 0.2) is 73.1 Å². The Kier molecular flexibility index (Phi) is 4.50. The van der Waals surface area contributed by atoms with Crippen molar-refractivity contribution in [2.75, 3.05) is 0 Å². The van der Waals surface area contributed by atoms with Gasteiger partial charge in [0.25, 0.3) is 0 Å². The van der Waals surface area contributed by atoms with Crippen LogP contribution in [0.5, 0.6) is 0 Å². The Morgan fingerprint density at radius 1 is 0.828 bits per heavy atom. The highest BCUT2D eigenvalue weighted by molar-refractivity contribution is 6.05. The van der Waals surface area contributed by atoms with E-state index in [9.17, 15) is 18.0 Å². The van der Waals surface area contributed by atoms with Crippen LogP contribution in [-0.2, 0) is 6.18 Å². The van der Waals surface area contributed by atoms with Gasteiger partial charge >= 0.3 is 6.18 Å². The van der Waals surface area contributed by atoms with E-state index in [2.05, 4.69) is 10.2 Å². The van der Waals surface area contributed by atoms with Gasteiger partial charge in [-0.2, -0.15) is 23.4 Å². The van der Waals surface area contributed by atoms with Crippen molar-refractivity contribution in [2.24, 2.45) is 5.73 Å². The predicted molar refractivity (Wildman–Crippen MR) is 104 cm³/mol. The Hall–Kier alpha value is -3.74. The molecule has 4 rings (SSSR count). The molecule has 29 heavy (non-hydrogen) atoms. The van der Waals surface area contributed by atoms with Crippen LogP contribution in [0.2, 0.25) is 0 Å². The average molecular weight is 393 g/mol. The first kappa shape index (κ1) is 18.6. The van der Waals surface area contributed by atoms with Crippen LogP contribution in [0.3, 0.4) is 0 Å². The summed E-state index contributed by atoms with van der Waals surface area (Å²) >= 11 is 0. The maximum Gasteiger partial charge on any atom is 0.417 e. The number of hydrogen-bond acceptors (Lipinski definition) is 3. The molecule has 0 aliphatic heterocycles. The highest BCUT2D eigenvalue weighted by atomic mass is 19.4. The summed E-state index contributed by atoms with van der Waals surface area (Å²) in [6, 6.07) is 15.1. The summed E-state index contributed by atoms with van der Waals surface area (Å²) in [6.45, 7) is 0. The summed E-state index contributed by atoms with van der Waals surface area (Å²) in [7, 11) is 0. The minimum atomic E-state index is -4.55. The number of primary amides is 1. The Morgan fingerprint density at radius 2 is 1.52 bits per heavy atom. The smallest absolute Gasteiger partial charge is 0.366 e. The molecule has 0 saturated heterocycles. The summed E-state index contributed by atoms with van der Waals surface area (Å²) in [5.41, 5.74) is 6.07.